The highest BCUT2D eigenvalue weighted by atomic mass is 32.1. The summed E-state index contributed by atoms with van der Waals surface area (Å²) in [5.74, 6) is 0.656. The molecule has 116 valence electrons. The summed E-state index contributed by atoms with van der Waals surface area (Å²) in [7, 11) is 0. The van der Waals surface area contributed by atoms with E-state index in [1.165, 1.54) is 16.9 Å². The zero-order valence-corrected chi connectivity index (χ0v) is 13.8. The molecule has 0 N–H and O–H groups in total. The number of hydrogen-bond donors (Lipinski definition) is 0. The van der Waals surface area contributed by atoms with Crippen LogP contribution in [0, 0.1) is 0 Å². The molecule has 23 heavy (non-hydrogen) atoms. The maximum atomic E-state index is 12.8. The highest BCUT2D eigenvalue weighted by molar-refractivity contribution is 7.12. The highest BCUT2D eigenvalue weighted by Gasteiger charge is 2.19. The van der Waals surface area contributed by atoms with Crippen molar-refractivity contribution in [3.8, 4) is 0 Å². The maximum absolute atomic E-state index is 12.8. The Bertz CT molecular complexity index is 752. The number of nitrogens with zero attached hydrogens (tertiary/aromatic N) is 2. The number of benzene rings is 1. The lowest BCUT2D eigenvalue weighted by Crippen LogP contribution is -2.30. The van der Waals surface area contributed by atoms with Crippen molar-refractivity contribution >= 4 is 23.1 Å². The van der Waals surface area contributed by atoms with Crippen molar-refractivity contribution in [1.82, 2.24) is 4.98 Å². The van der Waals surface area contributed by atoms with E-state index in [4.69, 9.17) is 0 Å². The molecular weight excluding hydrogens is 304 g/mol. The molecule has 0 aliphatic heterocycles. The molecule has 0 aliphatic carbocycles. The second-order valence-electron chi connectivity index (χ2n) is 5.23. The third-order valence-corrected chi connectivity index (χ3v) is 4.53. The van der Waals surface area contributed by atoms with Gasteiger partial charge in [0.2, 0.25) is 0 Å². The zero-order chi connectivity index (χ0) is 16.1. The Balaban J connectivity index is 1.90. The van der Waals surface area contributed by atoms with Crippen LogP contribution in [0.3, 0.4) is 0 Å². The third-order valence-electron chi connectivity index (χ3n) is 3.67. The minimum absolute atomic E-state index is 0.0155. The lowest BCUT2D eigenvalue weighted by Gasteiger charge is -2.21. The Morgan fingerprint density at radius 3 is 2.43 bits per heavy atom. The smallest absolute Gasteiger partial charge is 0.269 e. The summed E-state index contributed by atoms with van der Waals surface area (Å²) in [5, 5.41) is 1.92. The molecular formula is C19H18N2OS. The van der Waals surface area contributed by atoms with E-state index in [0.29, 0.717) is 12.4 Å². The van der Waals surface area contributed by atoms with Gasteiger partial charge in [-0.2, -0.15) is 0 Å². The molecule has 0 saturated carbocycles. The van der Waals surface area contributed by atoms with Crippen LogP contribution in [0.1, 0.15) is 27.7 Å². The zero-order valence-electron chi connectivity index (χ0n) is 13.0. The van der Waals surface area contributed by atoms with Gasteiger partial charge in [0, 0.05) is 6.20 Å². The first kappa shape index (κ1) is 15.4. The molecule has 0 aliphatic rings. The first-order chi connectivity index (χ1) is 11.3. The van der Waals surface area contributed by atoms with Gasteiger partial charge in [0.15, 0.2) is 0 Å². The number of hydrogen-bond acceptors (Lipinski definition) is 3. The second-order valence-corrected chi connectivity index (χ2v) is 6.17. The van der Waals surface area contributed by atoms with Gasteiger partial charge >= 0.3 is 0 Å². The first-order valence-corrected chi connectivity index (χ1v) is 8.50. The molecule has 0 atom stereocenters. The Labute approximate surface area is 140 Å². The molecule has 0 spiro atoms. The Morgan fingerprint density at radius 1 is 1.04 bits per heavy atom. The fourth-order valence-electron chi connectivity index (χ4n) is 2.37. The molecule has 2 heterocycles. The van der Waals surface area contributed by atoms with Gasteiger partial charge in [0.25, 0.3) is 5.91 Å². The van der Waals surface area contributed by atoms with Crippen LogP contribution >= 0.6 is 11.3 Å². The topological polar surface area (TPSA) is 33.2 Å². The molecule has 0 bridgehead atoms. The van der Waals surface area contributed by atoms with Crippen molar-refractivity contribution < 1.29 is 4.79 Å². The molecule has 0 unspecified atom stereocenters. The van der Waals surface area contributed by atoms with Crippen LogP contribution in [0.15, 0.2) is 66.2 Å². The Kier molecular flexibility index (Phi) is 4.83. The fraction of sp³-hybridized carbons (Fsp3) is 0.158. The normalized spacial score (nSPS) is 10.5. The van der Waals surface area contributed by atoms with Crippen LogP contribution in [0.2, 0.25) is 0 Å². The van der Waals surface area contributed by atoms with E-state index < -0.39 is 0 Å². The number of rotatable bonds is 5. The standard InChI is InChI=1S/C19H18N2OS/c1-2-15-8-10-16(11-9-15)14-21(18-7-3-4-12-20-18)19(22)17-6-5-13-23-17/h3-13H,2,14H2,1H3. The lowest BCUT2D eigenvalue weighted by atomic mass is 10.1. The van der Waals surface area contributed by atoms with Crippen LogP contribution in [0.5, 0.6) is 0 Å². The Morgan fingerprint density at radius 2 is 1.83 bits per heavy atom. The molecule has 1 amide bonds. The SMILES string of the molecule is CCc1ccc(CN(C(=O)c2cccs2)c2ccccn2)cc1. The number of aryl methyl sites for hydroxylation is 1. The van der Waals surface area contributed by atoms with E-state index in [0.717, 1.165) is 16.9 Å². The number of pyridine rings is 1. The number of carbonyl (C=O) groups is 1. The fourth-order valence-corrected chi connectivity index (χ4v) is 3.04. The second kappa shape index (κ2) is 7.20. The first-order valence-electron chi connectivity index (χ1n) is 7.62. The van der Waals surface area contributed by atoms with E-state index in [1.807, 2.05) is 35.7 Å². The highest BCUT2D eigenvalue weighted by Crippen LogP contribution is 2.20. The van der Waals surface area contributed by atoms with Crippen molar-refractivity contribution in [2.75, 3.05) is 4.90 Å². The summed E-state index contributed by atoms with van der Waals surface area (Å²) in [6.45, 7) is 2.65. The van der Waals surface area contributed by atoms with Crippen LogP contribution in [0.25, 0.3) is 0 Å². The number of carbonyl (C=O) groups excluding carboxylic acids is 1. The van der Waals surface area contributed by atoms with Crippen molar-refractivity contribution in [3.63, 3.8) is 0 Å². The summed E-state index contributed by atoms with van der Waals surface area (Å²) in [5.41, 5.74) is 2.39. The summed E-state index contributed by atoms with van der Waals surface area (Å²) in [4.78, 5) is 19.6. The molecule has 3 aromatic rings. The van der Waals surface area contributed by atoms with Gasteiger partial charge < -0.3 is 0 Å². The summed E-state index contributed by atoms with van der Waals surface area (Å²) in [6, 6.07) is 17.8. The van der Waals surface area contributed by atoms with Gasteiger partial charge in [-0.05, 0) is 41.1 Å². The maximum Gasteiger partial charge on any atom is 0.269 e. The summed E-state index contributed by atoms with van der Waals surface area (Å²) >= 11 is 1.45. The molecule has 4 heteroatoms. The monoisotopic (exact) mass is 322 g/mol. The molecule has 0 radical (unpaired) electrons. The number of aromatic nitrogens is 1. The summed E-state index contributed by atoms with van der Waals surface area (Å²) < 4.78 is 0. The Hall–Kier alpha value is -2.46. The van der Waals surface area contributed by atoms with Crippen molar-refractivity contribution in [2.45, 2.75) is 19.9 Å². The predicted octanol–water partition coefficient (Wildman–Crippen LogP) is 4.55. The van der Waals surface area contributed by atoms with E-state index >= 15 is 0 Å². The molecule has 3 rings (SSSR count). The van der Waals surface area contributed by atoms with Crippen LogP contribution < -0.4 is 4.90 Å². The molecule has 3 nitrogen and oxygen atoms in total. The largest absolute Gasteiger partial charge is 0.288 e. The minimum Gasteiger partial charge on any atom is -0.288 e. The van der Waals surface area contributed by atoms with Crippen LogP contribution in [0.4, 0.5) is 5.82 Å². The lowest BCUT2D eigenvalue weighted by molar-refractivity contribution is 0.0988. The number of thiophene rings is 1. The summed E-state index contributed by atoms with van der Waals surface area (Å²) in [6.07, 6.45) is 2.72. The molecule has 2 aromatic heterocycles. The number of amides is 1. The van der Waals surface area contributed by atoms with Gasteiger partial charge in [-0.3, -0.25) is 9.69 Å². The van der Waals surface area contributed by atoms with Gasteiger partial charge in [-0.25, -0.2) is 4.98 Å². The van der Waals surface area contributed by atoms with Crippen molar-refractivity contribution in [1.29, 1.82) is 0 Å². The van der Waals surface area contributed by atoms with E-state index in [-0.39, 0.29) is 5.91 Å². The van der Waals surface area contributed by atoms with E-state index in [9.17, 15) is 4.79 Å². The van der Waals surface area contributed by atoms with E-state index in [2.05, 4.69) is 36.2 Å². The van der Waals surface area contributed by atoms with E-state index in [1.54, 1.807) is 11.1 Å². The van der Waals surface area contributed by atoms with Crippen molar-refractivity contribution in [2.24, 2.45) is 0 Å². The average molecular weight is 322 g/mol. The number of anilines is 1. The minimum atomic E-state index is -0.0155. The van der Waals surface area contributed by atoms with Crippen LogP contribution in [-0.2, 0) is 13.0 Å². The predicted molar refractivity (Wildman–Crippen MR) is 94.9 cm³/mol. The molecule has 0 fully saturated rings. The van der Waals surface area contributed by atoms with Crippen LogP contribution in [-0.4, -0.2) is 10.9 Å². The average Bonchev–Trinajstić information content (AvgIpc) is 3.15. The van der Waals surface area contributed by atoms with Gasteiger partial charge in [-0.1, -0.05) is 43.3 Å². The van der Waals surface area contributed by atoms with Gasteiger partial charge in [0.1, 0.15) is 5.82 Å². The van der Waals surface area contributed by atoms with Gasteiger partial charge in [0.05, 0.1) is 11.4 Å². The van der Waals surface area contributed by atoms with Crippen molar-refractivity contribution in [3.05, 3.63) is 82.2 Å². The molecule has 1 aromatic carbocycles. The molecule has 0 saturated heterocycles. The third kappa shape index (κ3) is 3.66. The quantitative estimate of drug-likeness (QED) is 0.690. The van der Waals surface area contributed by atoms with Gasteiger partial charge in [-0.15, -0.1) is 11.3 Å².